The zero-order valence-corrected chi connectivity index (χ0v) is 13.7. The van der Waals surface area contributed by atoms with Crippen LogP contribution in [0.3, 0.4) is 0 Å². The topological polar surface area (TPSA) is 37.4 Å². The Hall–Kier alpha value is -1.59. The van der Waals surface area contributed by atoms with Crippen LogP contribution in [-0.4, -0.2) is 25.7 Å². The van der Waals surface area contributed by atoms with Crippen molar-refractivity contribution in [3.63, 3.8) is 0 Å². The summed E-state index contributed by atoms with van der Waals surface area (Å²) in [4.78, 5) is 6.86. The van der Waals surface area contributed by atoms with Gasteiger partial charge < -0.3 is 15.0 Å². The molecule has 0 spiro atoms. The molecule has 2 rings (SSSR count). The minimum atomic E-state index is 0.816. The third-order valence-electron chi connectivity index (χ3n) is 3.21. The van der Waals surface area contributed by atoms with Gasteiger partial charge in [0.15, 0.2) is 0 Å². The third-order valence-corrected chi connectivity index (χ3v) is 4.11. The average Bonchev–Trinajstić information content (AvgIpc) is 2.95. The van der Waals surface area contributed by atoms with Gasteiger partial charge in [0.05, 0.1) is 19.3 Å². The molecule has 0 amide bonds. The van der Waals surface area contributed by atoms with Gasteiger partial charge in [0.2, 0.25) is 0 Å². The van der Waals surface area contributed by atoms with Crippen molar-refractivity contribution in [1.82, 2.24) is 10.3 Å². The molecular formula is C16H23N3OS. The van der Waals surface area contributed by atoms with Gasteiger partial charge in [-0.1, -0.05) is 6.92 Å². The summed E-state index contributed by atoms with van der Waals surface area (Å²) in [5, 5.41) is 6.68. The van der Waals surface area contributed by atoms with Crippen molar-refractivity contribution in [3.8, 4) is 5.75 Å². The number of hydrogen-bond acceptors (Lipinski definition) is 5. The molecule has 114 valence electrons. The molecule has 0 aliphatic rings. The van der Waals surface area contributed by atoms with Gasteiger partial charge >= 0.3 is 0 Å². The largest absolute Gasteiger partial charge is 0.497 e. The summed E-state index contributed by atoms with van der Waals surface area (Å²) in [5.41, 5.74) is 2.28. The van der Waals surface area contributed by atoms with E-state index in [9.17, 15) is 0 Å². The lowest BCUT2D eigenvalue weighted by atomic mass is 10.2. The Bertz CT molecular complexity index is 539. The molecule has 0 radical (unpaired) electrons. The normalized spacial score (nSPS) is 10.6. The maximum absolute atomic E-state index is 5.18. The molecule has 0 fully saturated rings. The molecular weight excluding hydrogens is 282 g/mol. The number of nitrogens with zero attached hydrogens (tertiary/aromatic N) is 2. The van der Waals surface area contributed by atoms with Crippen LogP contribution in [0.1, 0.15) is 24.0 Å². The Morgan fingerprint density at radius 1 is 1.29 bits per heavy atom. The second-order valence-electron chi connectivity index (χ2n) is 4.96. The molecule has 1 aromatic carbocycles. The maximum atomic E-state index is 5.18. The molecule has 0 saturated heterocycles. The van der Waals surface area contributed by atoms with Crippen molar-refractivity contribution in [3.05, 3.63) is 40.3 Å². The first kappa shape index (κ1) is 15.8. The number of rotatable bonds is 8. The number of methoxy groups -OCH3 is 1. The number of thiazole rings is 1. The van der Waals surface area contributed by atoms with Crippen molar-refractivity contribution < 1.29 is 4.74 Å². The van der Waals surface area contributed by atoms with E-state index < -0.39 is 0 Å². The van der Waals surface area contributed by atoms with E-state index in [1.165, 1.54) is 0 Å². The van der Waals surface area contributed by atoms with Crippen LogP contribution in [0.2, 0.25) is 0 Å². The molecule has 4 nitrogen and oxygen atoms in total. The highest BCUT2D eigenvalue weighted by atomic mass is 32.1. The highest BCUT2D eigenvalue weighted by molar-refractivity contribution is 7.09. The molecule has 21 heavy (non-hydrogen) atoms. The Kier molecular flexibility index (Phi) is 6.02. The van der Waals surface area contributed by atoms with Crippen LogP contribution < -0.4 is 15.0 Å². The molecule has 0 bridgehead atoms. The first-order valence-corrected chi connectivity index (χ1v) is 8.10. The van der Waals surface area contributed by atoms with Gasteiger partial charge in [-0.05, 0) is 37.2 Å². The first-order chi connectivity index (χ1) is 10.2. The van der Waals surface area contributed by atoms with Gasteiger partial charge in [-0.15, -0.1) is 11.3 Å². The van der Waals surface area contributed by atoms with E-state index in [-0.39, 0.29) is 0 Å². The molecule has 0 unspecified atom stereocenters. The summed E-state index contributed by atoms with van der Waals surface area (Å²) in [7, 11) is 3.76. The Labute approximate surface area is 130 Å². The minimum Gasteiger partial charge on any atom is -0.497 e. The van der Waals surface area contributed by atoms with Gasteiger partial charge in [-0.2, -0.15) is 0 Å². The number of nitrogens with one attached hydrogen (secondary N) is 1. The van der Waals surface area contributed by atoms with Crippen molar-refractivity contribution in [2.75, 3.05) is 25.6 Å². The second kappa shape index (κ2) is 8.00. The molecule has 0 aliphatic carbocycles. The van der Waals surface area contributed by atoms with Crippen LogP contribution in [0.4, 0.5) is 5.69 Å². The third kappa shape index (κ3) is 4.72. The van der Waals surface area contributed by atoms with Crippen molar-refractivity contribution in [2.45, 2.75) is 26.4 Å². The number of ether oxygens (including phenoxy) is 1. The Balaban J connectivity index is 1.90. The van der Waals surface area contributed by atoms with Crippen LogP contribution in [-0.2, 0) is 13.1 Å². The van der Waals surface area contributed by atoms with Crippen molar-refractivity contribution in [1.29, 1.82) is 0 Å². The molecule has 2 aromatic rings. The predicted octanol–water partition coefficient (Wildman–Crippen LogP) is 3.29. The molecule has 5 heteroatoms. The molecule has 0 saturated carbocycles. The monoisotopic (exact) mass is 305 g/mol. The molecule has 1 heterocycles. The average molecular weight is 305 g/mol. The van der Waals surface area contributed by atoms with Crippen LogP contribution in [0.25, 0.3) is 0 Å². The fraction of sp³-hybridized carbons (Fsp3) is 0.438. The van der Waals surface area contributed by atoms with E-state index in [0.29, 0.717) is 0 Å². The van der Waals surface area contributed by atoms with E-state index in [4.69, 9.17) is 4.74 Å². The molecule has 0 aliphatic heterocycles. The number of hydrogen-bond donors (Lipinski definition) is 1. The minimum absolute atomic E-state index is 0.816. The zero-order chi connectivity index (χ0) is 15.1. The van der Waals surface area contributed by atoms with Gasteiger partial charge in [-0.3, -0.25) is 0 Å². The van der Waals surface area contributed by atoms with Crippen LogP contribution in [0.15, 0.2) is 29.6 Å². The lowest BCUT2D eigenvalue weighted by molar-refractivity contribution is 0.415. The second-order valence-corrected chi connectivity index (χ2v) is 5.91. The van der Waals surface area contributed by atoms with Gasteiger partial charge in [-0.25, -0.2) is 4.98 Å². The zero-order valence-electron chi connectivity index (χ0n) is 12.9. The fourth-order valence-electron chi connectivity index (χ4n) is 2.05. The molecule has 1 aromatic heterocycles. The maximum Gasteiger partial charge on any atom is 0.119 e. The summed E-state index contributed by atoms with van der Waals surface area (Å²) in [6.07, 6.45) is 1.15. The molecule has 0 atom stereocenters. The highest BCUT2D eigenvalue weighted by Gasteiger charge is 2.06. The number of aromatic nitrogens is 1. The van der Waals surface area contributed by atoms with Gasteiger partial charge in [0.1, 0.15) is 10.8 Å². The summed E-state index contributed by atoms with van der Waals surface area (Å²) >= 11 is 1.72. The summed E-state index contributed by atoms with van der Waals surface area (Å²) in [5.74, 6) is 0.880. The van der Waals surface area contributed by atoms with Gasteiger partial charge in [0.25, 0.3) is 0 Å². The van der Waals surface area contributed by atoms with E-state index in [1.807, 2.05) is 12.1 Å². The Morgan fingerprint density at radius 2 is 2.05 bits per heavy atom. The van der Waals surface area contributed by atoms with Crippen LogP contribution in [0.5, 0.6) is 5.75 Å². The lowest BCUT2D eigenvalue weighted by Crippen LogP contribution is -2.17. The predicted molar refractivity (Wildman–Crippen MR) is 89.2 cm³/mol. The van der Waals surface area contributed by atoms with E-state index in [1.54, 1.807) is 18.4 Å². The SMILES string of the molecule is CCCNCc1nc(CN(C)c2ccc(OC)cc2)cs1. The van der Waals surface area contributed by atoms with Crippen LogP contribution in [0, 0.1) is 0 Å². The van der Waals surface area contributed by atoms with Crippen LogP contribution >= 0.6 is 11.3 Å². The Morgan fingerprint density at radius 3 is 2.71 bits per heavy atom. The van der Waals surface area contributed by atoms with E-state index in [2.05, 4.69) is 46.7 Å². The summed E-state index contributed by atoms with van der Waals surface area (Å²) < 4.78 is 5.18. The summed E-state index contributed by atoms with van der Waals surface area (Å²) in [6.45, 7) is 4.89. The van der Waals surface area contributed by atoms with Crippen molar-refractivity contribution in [2.24, 2.45) is 0 Å². The van der Waals surface area contributed by atoms with E-state index >= 15 is 0 Å². The van der Waals surface area contributed by atoms with E-state index in [0.717, 1.165) is 48.2 Å². The lowest BCUT2D eigenvalue weighted by Gasteiger charge is -2.18. The smallest absolute Gasteiger partial charge is 0.119 e. The fourth-order valence-corrected chi connectivity index (χ4v) is 2.80. The number of anilines is 1. The quantitative estimate of drug-likeness (QED) is 0.759. The highest BCUT2D eigenvalue weighted by Crippen LogP contribution is 2.20. The summed E-state index contributed by atoms with van der Waals surface area (Å²) in [6, 6.07) is 8.09. The number of benzene rings is 1. The van der Waals surface area contributed by atoms with Crippen molar-refractivity contribution >= 4 is 17.0 Å². The van der Waals surface area contributed by atoms with Gasteiger partial charge in [0, 0.05) is 24.7 Å². The molecule has 1 N–H and O–H groups in total. The first-order valence-electron chi connectivity index (χ1n) is 7.22. The standard InChI is InChI=1S/C16H23N3OS/c1-4-9-17-10-16-18-13(12-21-16)11-19(2)14-5-7-15(20-3)8-6-14/h5-8,12,17H,4,9-11H2,1-3H3.